The van der Waals surface area contributed by atoms with Crippen molar-refractivity contribution in [1.29, 1.82) is 0 Å². The number of halogens is 1. The quantitative estimate of drug-likeness (QED) is 0.532. The number of hydrogen-bond donors (Lipinski definition) is 0. The number of carbonyl (C=O) groups excluding carboxylic acids is 1. The number of hydrogen-bond acceptors (Lipinski definition) is 5. The van der Waals surface area contributed by atoms with Gasteiger partial charge in [0.2, 0.25) is 0 Å². The van der Waals surface area contributed by atoms with E-state index >= 15 is 0 Å². The molecule has 1 aliphatic rings. The second-order valence-corrected chi connectivity index (χ2v) is 7.96. The van der Waals surface area contributed by atoms with E-state index in [-0.39, 0.29) is 18.4 Å². The predicted octanol–water partition coefficient (Wildman–Crippen LogP) is 4.71. The lowest BCUT2D eigenvalue weighted by Gasteiger charge is -2.31. The van der Waals surface area contributed by atoms with E-state index in [1.165, 1.54) is 0 Å². The molecule has 7 heteroatoms. The molecular weight excluding hydrogens is 416 g/mol. The van der Waals surface area contributed by atoms with Crippen molar-refractivity contribution in [2.75, 3.05) is 26.8 Å². The van der Waals surface area contributed by atoms with Gasteiger partial charge in [-0.15, -0.1) is 0 Å². The normalized spacial score (nSPS) is 16.2. The summed E-state index contributed by atoms with van der Waals surface area (Å²) in [5.41, 5.74) is 1.00. The maximum Gasteiger partial charge on any atom is 0.260 e. The molecule has 1 saturated heterocycles. The summed E-state index contributed by atoms with van der Waals surface area (Å²) in [5, 5.41) is 0.713. The SMILES string of the molecule is COc1ccccc1OCC(=O)N1CCCC(c2ncc(Cc3ccccc3Cl)o2)C1. The number of piperidine rings is 1. The Morgan fingerprint density at radius 2 is 1.97 bits per heavy atom. The fourth-order valence-electron chi connectivity index (χ4n) is 3.80. The van der Waals surface area contributed by atoms with Crippen molar-refractivity contribution in [3.63, 3.8) is 0 Å². The molecule has 0 aliphatic carbocycles. The second-order valence-electron chi connectivity index (χ2n) is 7.55. The highest BCUT2D eigenvalue weighted by Crippen LogP contribution is 2.29. The molecule has 31 heavy (non-hydrogen) atoms. The van der Waals surface area contributed by atoms with Crippen molar-refractivity contribution >= 4 is 17.5 Å². The molecule has 0 N–H and O–H groups in total. The van der Waals surface area contributed by atoms with Gasteiger partial charge in [0, 0.05) is 24.5 Å². The molecule has 1 amide bonds. The highest BCUT2D eigenvalue weighted by molar-refractivity contribution is 6.31. The molecular formula is C24H25ClN2O4. The molecule has 3 aromatic rings. The predicted molar refractivity (Wildman–Crippen MR) is 118 cm³/mol. The summed E-state index contributed by atoms with van der Waals surface area (Å²) in [5.74, 6) is 2.63. The fourth-order valence-corrected chi connectivity index (χ4v) is 4.00. The zero-order valence-electron chi connectivity index (χ0n) is 17.4. The molecule has 0 radical (unpaired) electrons. The van der Waals surface area contributed by atoms with Crippen LogP contribution in [-0.4, -0.2) is 42.6 Å². The van der Waals surface area contributed by atoms with Crippen LogP contribution in [0.15, 0.2) is 59.1 Å². The maximum atomic E-state index is 12.7. The van der Waals surface area contributed by atoms with Crippen LogP contribution in [0.5, 0.6) is 11.5 Å². The standard InChI is InChI=1S/C24H25ClN2O4/c1-29-21-10-4-5-11-22(21)30-16-23(28)27-12-6-8-18(15-27)24-26-14-19(31-24)13-17-7-2-3-9-20(17)25/h2-5,7,9-11,14,18H,6,8,12-13,15-16H2,1H3. The summed E-state index contributed by atoms with van der Waals surface area (Å²) >= 11 is 6.25. The third-order valence-corrected chi connectivity index (χ3v) is 5.81. The first-order chi connectivity index (χ1) is 15.1. The minimum Gasteiger partial charge on any atom is -0.493 e. The molecule has 2 heterocycles. The van der Waals surface area contributed by atoms with Gasteiger partial charge in [0.1, 0.15) is 5.76 Å². The Kier molecular flexibility index (Phi) is 6.77. The van der Waals surface area contributed by atoms with Gasteiger partial charge in [-0.2, -0.15) is 0 Å². The summed E-state index contributed by atoms with van der Waals surface area (Å²) in [4.78, 5) is 19.0. The number of ether oxygens (including phenoxy) is 2. The first kappa shape index (κ1) is 21.2. The Hall–Kier alpha value is -2.99. The van der Waals surface area contributed by atoms with Crippen LogP contribution >= 0.6 is 11.6 Å². The van der Waals surface area contributed by atoms with E-state index in [1.807, 2.05) is 41.3 Å². The topological polar surface area (TPSA) is 64.8 Å². The number of aromatic nitrogens is 1. The average molecular weight is 441 g/mol. The first-order valence-electron chi connectivity index (χ1n) is 10.4. The molecule has 1 aliphatic heterocycles. The number of para-hydroxylation sites is 2. The molecule has 1 fully saturated rings. The molecule has 1 unspecified atom stereocenters. The Labute approximate surface area is 186 Å². The van der Waals surface area contributed by atoms with Crippen LogP contribution in [0.4, 0.5) is 0 Å². The summed E-state index contributed by atoms with van der Waals surface area (Å²) in [6, 6.07) is 15.0. The average Bonchev–Trinajstić information content (AvgIpc) is 3.28. The lowest BCUT2D eigenvalue weighted by Crippen LogP contribution is -2.41. The van der Waals surface area contributed by atoms with E-state index < -0.39 is 0 Å². The van der Waals surface area contributed by atoms with Crippen molar-refractivity contribution in [2.45, 2.75) is 25.2 Å². The molecule has 0 spiro atoms. The van der Waals surface area contributed by atoms with E-state index in [0.29, 0.717) is 41.9 Å². The lowest BCUT2D eigenvalue weighted by atomic mass is 9.98. The van der Waals surface area contributed by atoms with Gasteiger partial charge in [-0.3, -0.25) is 4.79 Å². The fraction of sp³-hybridized carbons (Fsp3) is 0.333. The number of amides is 1. The van der Waals surface area contributed by atoms with Crippen molar-refractivity contribution in [3.05, 3.63) is 77.0 Å². The molecule has 6 nitrogen and oxygen atoms in total. The maximum absolute atomic E-state index is 12.7. The monoisotopic (exact) mass is 440 g/mol. The highest BCUT2D eigenvalue weighted by Gasteiger charge is 2.28. The van der Waals surface area contributed by atoms with Gasteiger partial charge in [0.25, 0.3) is 5.91 Å². The zero-order valence-corrected chi connectivity index (χ0v) is 18.2. The number of methoxy groups -OCH3 is 1. The lowest BCUT2D eigenvalue weighted by molar-refractivity contribution is -0.134. The third kappa shape index (κ3) is 5.20. The zero-order chi connectivity index (χ0) is 21.6. The van der Waals surface area contributed by atoms with E-state index in [1.54, 1.807) is 25.4 Å². The van der Waals surface area contributed by atoms with Gasteiger partial charge in [-0.05, 0) is 36.6 Å². The van der Waals surface area contributed by atoms with Gasteiger partial charge < -0.3 is 18.8 Å². The number of rotatable bonds is 7. The van der Waals surface area contributed by atoms with Gasteiger partial charge in [0.15, 0.2) is 24.0 Å². The van der Waals surface area contributed by atoms with Crippen LogP contribution in [0.2, 0.25) is 5.02 Å². The number of nitrogens with zero attached hydrogens (tertiary/aromatic N) is 2. The van der Waals surface area contributed by atoms with Crippen LogP contribution in [-0.2, 0) is 11.2 Å². The van der Waals surface area contributed by atoms with E-state index in [0.717, 1.165) is 24.2 Å². The van der Waals surface area contributed by atoms with Crippen molar-refractivity contribution in [3.8, 4) is 11.5 Å². The van der Waals surface area contributed by atoms with Gasteiger partial charge in [-0.25, -0.2) is 4.98 Å². The minimum absolute atomic E-state index is 0.0313. The van der Waals surface area contributed by atoms with Gasteiger partial charge >= 0.3 is 0 Å². The van der Waals surface area contributed by atoms with Crippen LogP contribution in [0.1, 0.15) is 36.0 Å². The van der Waals surface area contributed by atoms with E-state index in [2.05, 4.69) is 4.98 Å². The third-order valence-electron chi connectivity index (χ3n) is 5.44. The van der Waals surface area contributed by atoms with Crippen LogP contribution in [0.25, 0.3) is 0 Å². The van der Waals surface area contributed by atoms with Crippen LogP contribution < -0.4 is 9.47 Å². The van der Waals surface area contributed by atoms with Gasteiger partial charge in [-0.1, -0.05) is 41.9 Å². The second kappa shape index (κ2) is 9.88. The van der Waals surface area contributed by atoms with Crippen LogP contribution in [0.3, 0.4) is 0 Å². The van der Waals surface area contributed by atoms with Crippen molar-refractivity contribution < 1.29 is 18.7 Å². The Bertz CT molecular complexity index is 1040. The summed E-state index contributed by atoms with van der Waals surface area (Å²) in [6.45, 7) is 1.24. The molecule has 1 aromatic heterocycles. The van der Waals surface area contributed by atoms with Crippen LogP contribution in [0, 0.1) is 0 Å². The minimum atomic E-state index is -0.0570. The highest BCUT2D eigenvalue weighted by atomic mass is 35.5. The number of carbonyl (C=O) groups is 1. The first-order valence-corrected chi connectivity index (χ1v) is 10.7. The molecule has 162 valence electrons. The molecule has 4 rings (SSSR count). The smallest absolute Gasteiger partial charge is 0.260 e. The van der Waals surface area contributed by atoms with Crippen molar-refractivity contribution in [2.24, 2.45) is 0 Å². The van der Waals surface area contributed by atoms with Crippen molar-refractivity contribution in [1.82, 2.24) is 9.88 Å². The summed E-state index contributed by atoms with van der Waals surface area (Å²) in [7, 11) is 1.58. The summed E-state index contributed by atoms with van der Waals surface area (Å²) in [6.07, 6.45) is 4.18. The van der Waals surface area contributed by atoms with Gasteiger partial charge in [0.05, 0.1) is 19.2 Å². The number of oxazole rings is 1. The molecule has 0 bridgehead atoms. The molecule has 2 aromatic carbocycles. The molecule has 0 saturated carbocycles. The number of likely N-dealkylation sites (tertiary alicyclic amines) is 1. The van der Waals surface area contributed by atoms with E-state index in [4.69, 9.17) is 25.5 Å². The Morgan fingerprint density at radius 1 is 1.19 bits per heavy atom. The molecule has 1 atom stereocenters. The number of benzene rings is 2. The summed E-state index contributed by atoms with van der Waals surface area (Å²) < 4.78 is 17.0. The Morgan fingerprint density at radius 3 is 2.77 bits per heavy atom. The van der Waals surface area contributed by atoms with E-state index in [9.17, 15) is 4.79 Å². The largest absolute Gasteiger partial charge is 0.493 e. The Balaban J connectivity index is 1.35.